The van der Waals surface area contributed by atoms with Crippen molar-refractivity contribution in [2.24, 2.45) is 17.1 Å². The number of nitrogens with two attached hydrogens (primary N) is 1. The number of urea groups is 1. The van der Waals surface area contributed by atoms with Gasteiger partial charge in [0.05, 0.1) is 25.3 Å². The van der Waals surface area contributed by atoms with E-state index in [1.54, 1.807) is 12.1 Å². The van der Waals surface area contributed by atoms with E-state index in [0.29, 0.717) is 25.1 Å². The summed E-state index contributed by atoms with van der Waals surface area (Å²) in [5.74, 6) is -1.95. The van der Waals surface area contributed by atoms with Crippen LogP contribution in [0.1, 0.15) is 100.0 Å². The average molecular weight is 736 g/mol. The summed E-state index contributed by atoms with van der Waals surface area (Å²) < 4.78 is 5.84. The fraction of sp³-hybridized carbons (Fsp3) is 0.676. The Morgan fingerprint density at radius 2 is 1.46 bits per heavy atom. The van der Waals surface area contributed by atoms with Crippen molar-refractivity contribution < 1.29 is 38.6 Å². The van der Waals surface area contributed by atoms with Crippen LogP contribution in [0.15, 0.2) is 24.3 Å². The molecule has 0 aliphatic heterocycles. The summed E-state index contributed by atoms with van der Waals surface area (Å²) in [5.41, 5.74) is 4.43. The van der Waals surface area contributed by atoms with E-state index in [1.165, 1.54) is 19.1 Å². The van der Waals surface area contributed by atoms with Crippen LogP contribution in [0.4, 0.5) is 4.79 Å². The van der Waals surface area contributed by atoms with Crippen LogP contribution in [0, 0.1) is 11.3 Å². The molecule has 15 heteroatoms. The van der Waals surface area contributed by atoms with Gasteiger partial charge in [0.15, 0.2) is 0 Å². The van der Waals surface area contributed by atoms with E-state index < -0.39 is 46.8 Å². The Kier molecular flexibility index (Phi) is 22.6. The van der Waals surface area contributed by atoms with Crippen LogP contribution in [0.25, 0.3) is 0 Å². The first-order chi connectivity index (χ1) is 24.2. The van der Waals surface area contributed by atoms with Crippen LogP contribution in [0.5, 0.6) is 5.75 Å². The molecule has 1 aromatic rings. The Morgan fingerprint density at radius 3 is 1.98 bits per heavy atom. The maximum atomic E-state index is 13.3. The third-order valence-corrected chi connectivity index (χ3v) is 7.48. The number of nitrogens with one attached hydrogen (secondary N) is 6. The summed E-state index contributed by atoms with van der Waals surface area (Å²) in [6.07, 6.45) is 4.06. The monoisotopic (exact) mass is 735 g/mol. The smallest absolute Gasteiger partial charge is 0.312 e. The SMILES string of the molecule is CCCCCC(=O)NC(C(=O)NCC(=O)NC(Cc1ccc(O)cc1)C(=O)NCC(C)(C)COCC(C)(C)NC(C)=O)C(C)C.CCCNC(N)=O. The summed E-state index contributed by atoms with van der Waals surface area (Å²) >= 11 is 0. The van der Waals surface area contributed by atoms with Gasteiger partial charge in [0.2, 0.25) is 29.5 Å². The maximum absolute atomic E-state index is 13.3. The highest BCUT2D eigenvalue weighted by molar-refractivity contribution is 5.92. The minimum absolute atomic E-state index is 0.0760. The quantitative estimate of drug-likeness (QED) is 0.0823. The molecule has 0 heterocycles. The minimum atomic E-state index is -0.964. The summed E-state index contributed by atoms with van der Waals surface area (Å²) in [5, 5.41) is 25.9. The molecule has 0 aliphatic rings. The van der Waals surface area contributed by atoms with Crippen LogP contribution in [-0.2, 0) is 35.1 Å². The summed E-state index contributed by atoms with van der Waals surface area (Å²) in [6, 6.07) is 4.12. The zero-order chi connectivity index (χ0) is 39.9. The normalized spacial score (nSPS) is 12.3. The maximum Gasteiger partial charge on any atom is 0.312 e. The van der Waals surface area contributed by atoms with Crippen molar-refractivity contribution in [1.82, 2.24) is 31.9 Å². The first-order valence-corrected chi connectivity index (χ1v) is 18.0. The summed E-state index contributed by atoms with van der Waals surface area (Å²) in [7, 11) is 0. The molecule has 2 unspecified atom stereocenters. The lowest BCUT2D eigenvalue weighted by molar-refractivity contribution is -0.132. The molecule has 0 spiro atoms. The van der Waals surface area contributed by atoms with Gasteiger partial charge in [-0.3, -0.25) is 24.0 Å². The largest absolute Gasteiger partial charge is 0.508 e. The highest BCUT2D eigenvalue weighted by atomic mass is 16.5. The molecule has 296 valence electrons. The molecular weight excluding hydrogens is 670 g/mol. The third kappa shape index (κ3) is 23.1. The predicted molar refractivity (Wildman–Crippen MR) is 201 cm³/mol. The molecule has 1 aromatic carbocycles. The van der Waals surface area contributed by atoms with E-state index in [-0.39, 0.29) is 49.6 Å². The Morgan fingerprint density at radius 1 is 0.827 bits per heavy atom. The Labute approximate surface area is 309 Å². The predicted octanol–water partition coefficient (Wildman–Crippen LogP) is 2.40. The molecule has 0 saturated heterocycles. The Balaban J connectivity index is 0.00000335. The molecular formula is C37H65N7O8. The second-order valence-corrected chi connectivity index (χ2v) is 14.7. The van der Waals surface area contributed by atoms with Gasteiger partial charge in [-0.05, 0) is 50.3 Å². The molecule has 1 rings (SSSR count). The molecule has 2 atom stereocenters. The lowest BCUT2D eigenvalue weighted by atomic mass is 9.94. The van der Waals surface area contributed by atoms with Crippen molar-refractivity contribution in [3.05, 3.63) is 29.8 Å². The Bertz CT molecular complexity index is 1270. The lowest BCUT2D eigenvalue weighted by Gasteiger charge is -2.30. The van der Waals surface area contributed by atoms with Gasteiger partial charge in [-0.15, -0.1) is 0 Å². The number of amides is 7. The van der Waals surface area contributed by atoms with Crippen molar-refractivity contribution >= 4 is 35.6 Å². The first-order valence-electron chi connectivity index (χ1n) is 18.0. The molecule has 0 aromatic heterocycles. The number of rotatable bonds is 22. The molecule has 0 saturated carbocycles. The number of benzene rings is 1. The van der Waals surface area contributed by atoms with Crippen molar-refractivity contribution in [2.45, 2.75) is 118 Å². The number of phenols is 1. The van der Waals surface area contributed by atoms with Crippen molar-refractivity contribution in [3.8, 4) is 5.75 Å². The molecule has 52 heavy (non-hydrogen) atoms. The number of carbonyl (C=O) groups excluding carboxylic acids is 6. The molecule has 0 aliphatic carbocycles. The van der Waals surface area contributed by atoms with Gasteiger partial charge in [0.1, 0.15) is 17.8 Å². The second-order valence-electron chi connectivity index (χ2n) is 14.7. The van der Waals surface area contributed by atoms with Gasteiger partial charge in [0, 0.05) is 38.3 Å². The number of phenolic OH excluding ortho intramolecular Hbond substituents is 1. The second kappa shape index (κ2) is 24.7. The molecule has 0 bridgehead atoms. The van der Waals surface area contributed by atoms with Gasteiger partial charge < -0.3 is 47.5 Å². The standard InChI is InChI=1S/C33H55N5O7.C4H10N2O/c1-9-10-11-12-27(41)37-29(22(2)3)31(44)34-18-28(42)36-26(17-24-13-15-25(40)16-14-24)30(43)35-19-32(5,6)20-45-21-33(7,8)38-23(4)39;1-2-3-6-4(5)7/h13-16,22,26,29,40H,9-12,17-21H2,1-8H3,(H,34,44)(H,35,43)(H,36,42)(H,37,41)(H,38,39);2-3H2,1H3,(H3,5,6,7). The molecule has 0 fully saturated rings. The zero-order valence-corrected chi connectivity index (χ0v) is 32.7. The van der Waals surface area contributed by atoms with E-state index in [4.69, 9.17) is 10.5 Å². The number of hydrogen-bond acceptors (Lipinski definition) is 8. The number of aromatic hydroxyl groups is 1. The molecule has 9 N–H and O–H groups in total. The van der Waals surface area contributed by atoms with Crippen molar-refractivity contribution in [1.29, 1.82) is 0 Å². The van der Waals surface area contributed by atoms with E-state index in [2.05, 4.69) is 31.9 Å². The minimum Gasteiger partial charge on any atom is -0.508 e. The lowest BCUT2D eigenvalue weighted by Crippen LogP contribution is -2.54. The van der Waals surface area contributed by atoms with Gasteiger partial charge in [-0.2, -0.15) is 0 Å². The molecule has 7 amide bonds. The van der Waals surface area contributed by atoms with Gasteiger partial charge in [-0.25, -0.2) is 4.79 Å². The van der Waals surface area contributed by atoms with Crippen LogP contribution in [0.2, 0.25) is 0 Å². The molecule has 15 nitrogen and oxygen atoms in total. The third-order valence-electron chi connectivity index (χ3n) is 7.48. The zero-order valence-electron chi connectivity index (χ0n) is 32.7. The van der Waals surface area contributed by atoms with Crippen LogP contribution in [-0.4, -0.2) is 91.1 Å². The van der Waals surface area contributed by atoms with Crippen molar-refractivity contribution in [2.75, 3.05) is 32.8 Å². The number of unbranched alkanes of at least 4 members (excludes halogenated alkanes) is 2. The van der Waals surface area contributed by atoms with E-state index in [9.17, 15) is 33.9 Å². The fourth-order valence-corrected chi connectivity index (χ4v) is 4.76. The van der Waals surface area contributed by atoms with Crippen molar-refractivity contribution in [3.63, 3.8) is 0 Å². The fourth-order valence-electron chi connectivity index (χ4n) is 4.76. The number of hydrogen-bond donors (Lipinski definition) is 8. The van der Waals surface area contributed by atoms with Crippen LogP contribution in [0.3, 0.4) is 0 Å². The summed E-state index contributed by atoms with van der Waals surface area (Å²) in [4.78, 5) is 72.7. The van der Waals surface area contributed by atoms with Crippen LogP contribution >= 0.6 is 0 Å². The molecule has 0 radical (unpaired) electrons. The summed E-state index contributed by atoms with van der Waals surface area (Å²) in [6.45, 7) is 17.8. The van der Waals surface area contributed by atoms with Gasteiger partial charge in [-0.1, -0.05) is 66.5 Å². The van der Waals surface area contributed by atoms with Gasteiger partial charge >= 0.3 is 6.03 Å². The van der Waals surface area contributed by atoms with Crippen LogP contribution < -0.4 is 37.6 Å². The van der Waals surface area contributed by atoms with E-state index in [1.807, 2.05) is 55.4 Å². The highest BCUT2D eigenvalue weighted by Gasteiger charge is 2.28. The first kappa shape index (κ1) is 47.6. The van der Waals surface area contributed by atoms with E-state index in [0.717, 1.165) is 25.7 Å². The topological polar surface area (TPSA) is 230 Å². The number of ether oxygens (including phenoxy) is 1. The average Bonchev–Trinajstić information content (AvgIpc) is 3.04. The van der Waals surface area contributed by atoms with Gasteiger partial charge in [0.25, 0.3) is 0 Å². The Hall–Kier alpha value is -4.40. The number of carbonyl (C=O) groups is 6. The highest BCUT2D eigenvalue weighted by Crippen LogP contribution is 2.16. The number of primary amides is 1. The van der Waals surface area contributed by atoms with E-state index >= 15 is 0 Å².